The number of ether oxygens (including phenoxy) is 2. The maximum absolute atomic E-state index is 12.2. The molecule has 1 fully saturated rings. The van der Waals surface area contributed by atoms with Crippen LogP contribution in [0.25, 0.3) is 0 Å². The Morgan fingerprint density at radius 3 is 2.67 bits per heavy atom. The van der Waals surface area contributed by atoms with E-state index in [1.165, 1.54) is 11.8 Å². The van der Waals surface area contributed by atoms with Gasteiger partial charge in [0.25, 0.3) is 0 Å². The molecule has 0 unspecified atom stereocenters. The Bertz CT molecular complexity index is 879. The van der Waals surface area contributed by atoms with Crippen LogP contribution in [0.1, 0.15) is 18.1 Å². The molecule has 0 spiro atoms. The number of benzene rings is 2. The van der Waals surface area contributed by atoms with Crippen molar-refractivity contribution in [2.75, 3.05) is 24.4 Å². The van der Waals surface area contributed by atoms with Gasteiger partial charge in [-0.2, -0.15) is 5.10 Å². The molecule has 2 aromatic rings. The smallest absolute Gasteiger partial charge is 0.243 e. The summed E-state index contributed by atoms with van der Waals surface area (Å²) in [5, 5.41) is 8.97. The number of nitrogens with zero attached hydrogens (tertiary/aromatic N) is 3. The number of amides is 1. The molecule has 0 N–H and O–H groups in total. The van der Waals surface area contributed by atoms with Crippen LogP contribution < -0.4 is 14.4 Å². The Kier molecular flexibility index (Phi) is 6.13. The van der Waals surface area contributed by atoms with Crippen molar-refractivity contribution < 1.29 is 14.3 Å². The summed E-state index contributed by atoms with van der Waals surface area (Å²) in [5.74, 6) is 1.69. The minimum Gasteiger partial charge on any atom is -0.493 e. The number of carbonyl (C=O) groups is 1. The maximum Gasteiger partial charge on any atom is 0.243 e. The molecule has 0 bridgehead atoms. The van der Waals surface area contributed by atoms with Gasteiger partial charge in [0.15, 0.2) is 16.7 Å². The Balaban J connectivity index is 1.79. The van der Waals surface area contributed by atoms with Crippen molar-refractivity contribution in [2.24, 2.45) is 10.2 Å². The lowest BCUT2D eigenvalue weighted by Crippen LogP contribution is -2.28. The first kappa shape index (κ1) is 19.0. The molecule has 0 saturated carbocycles. The minimum absolute atomic E-state index is 0.000500. The molecule has 27 heavy (non-hydrogen) atoms. The van der Waals surface area contributed by atoms with Gasteiger partial charge in [-0.15, -0.1) is 5.10 Å². The highest BCUT2D eigenvalue weighted by Crippen LogP contribution is 2.28. The molecule has 1 heterocycles. The van der Waals surface area contributed by atoms with E-state index < -0.39 is 0 Å². The first-order valence-corrected chi connectivity index (χ1v) is 9.55. The van der Waals surface area contributed by atoms with E-state index >= 15 is 0 Å². The second kappa shape index (κ2) is 8.73. The third kappa shape index (κ3) is 4.49. The van der Waals surface area contributed by atoms with Crippen LogP contribution in [0.4, 0.5) is 5.69 Å². The number of methoxy groups -OCH3 is 1. The van der Waals surface area contributed by atoms with Crippen LogP contribution >= 0.6 is 11.8 Å². The summed E-state index contributed by atoms with van der Waals surface area (Å²) < 4.78 is 10.8. The van der Waals surface area contributed by atoms with Crippen LogP contribution in [-0.4, -0.2) is 36.8 Å². The van der Waals surface area contributed by atoms with Gasteiger partial charge >= 0.3 is 0 Å². The topological polar surface area (TPSA) is 63.5 Å². The van der Waals surface area contributed by atoms with Crippen molar-refractivity contribution in [1.82, 2.24) is 0 Å². The van der Waals surface area contributed by atoms with Gasteiger partial charge < -0.3 is 9.47 Å². The van der Waals surface area contributed by atoms with Gasteiger partial charge in [0.2, 0.25) is 5.91 Å². The Morgan fingerprint density at radius 2 is 1.96 bits per heavy atom. The highest BCUT2D eigenvalue weighted by molar-refractivity contribution is 8.15. The normalized spacial score (nSPS) is 15.7. The van der Waals surface area contributed by atoms with Gasteiger partial charge in [0, 0.05) is 0 Å². The highest BCUT2D eigenvalue weighted by Gasteiger charge is 2.29. The molecule has 7 heteroatoms. The second-order valence-electron chi connectivity index (χ2n) is 5.82. The van der Waals surface area contributed by atoms with Crippen LogP contribution in [0, 0.1) is 6.92 Å². The summed E-state index contributed by atoms with van der Waals surface area (Å²) >= 11 is 1.38. The average molecular weight is 383 g/mol. The maximum atomic E-state index is 12.2. The summed E-state index contributed by atoms with van der Waals surface area (Å²) in [4.78, 5) is 13.8. The molecule has 140 valence electrons. The van der Waals surface area contributed by atoms with Crippen molar-refractivity contribution >= 4 is 34.7 Å². The van der Waals surface area contributed by atoms with Crippen molar-refractivity contribution in [2.45, 2.75) is 13.8 Å². The standard InChI is InChI=1S/C20H21N3O3S/c1-4-26-17-10-7-15(11-18(17)25-3)12-21-22-20-23(19(24)13-27-20)16-8-5-14(2)6-9-16/h5-12H,4,13H2,1-3H3/b21-12+,22-20-. The van der Waals surface area contributed by atoms with Crippen molar-refractivity contribution in [3.63, 3.8) is 0 Å². The van der Waals surface area contributed by atoms with E-state index in [1.54, 1.807) is 18.2 Å². The Morgan fingerprint density at radius 1 is 1.19 bits per heavy atom. The molecule has 2 aromatic carbocycles. The molecule has 1 aliphatic rings. The fraction of sp³-hybridized carbons (Fsp3) is 0.250. The van der Waals surface area contributed by atoms with Crippen molar-refractivity contribution in [1.29, 1.82) is 0 Å². The Labute approximate surface area is 162 Å². The van der Waals surface area contributed by atoms with Crippen LogP contribution in [-0.2, 0) is 4.79 Å². The molecule has 0 atom stereocenters. The predicted molar refractivity (Wildman–Crippen MR) is 110 cm³/mol. The number of thioether (sulfide) groups is 1. The zero-order valence-electron chi connectivity index (χ0n) is 15.5. The van der Waals surface area contributed by atoms with E-state index in [0.717, 1.165) is 16.8 Å². The van der Waals surface area contributed by atoms with Gasteiger partial charge in [-0.05, 0) is 49.7 Å². The molecule has 6 nitrogen and oxygen atoms in total. The third-order valence-corrected chi connectivity index (χ3v) is 4.81. The van der Waals surface area contributed by atoms with E-state index in [-0.39, 0.29) is 5.91 Å². The lowest BCUT2D eigenvalue weighted by atomic mass is 10.2. The van der Waals surface area contributed by atoms with E-state index in [2.05, 4.69) is 10.2 Å². The van der Waals surface area contributed by atoms with Crippen LogP contribution in [0.5, 0.6) is 11.5 Å². The molecule has 1 aliphatic heterocycles. The molecule has 1 amide bonds. The summed E-state index contributed by atoms with van der Waals surface area (Å²) in [5.41, 5.74) is 2.77. The SMILES string of the molecule is CCOc1ccc(/C=N/N=C2\SCC(=O)N2c2ccc(C)cc2)cc1OC. The number of anilines is 1. The fourth-order valence-corrected chi connectivity index (χ4v) is 3.39. The van der Waals surface area contributed by atoms with Gasteiger partial charge in [0.1, 0.15) is 0 Å². The fourth-order valence-electron chi connectivity index (χ4n) is 2.57. The number of carbonyl (C=O) groups excluding carboxylic acids is 1. The van der Waals surface area contributed by atoms with Gasteiger partial charge in [-0.1, -0.05) is 29.5 Å². The summed E-state index contributed by atoms with van der Waals surface area (Å²) in [6, 6.07) is 13.3. The van der Waals surface area contributed by atoms with E-state index in [4.69, 9.17) is 9.47 Å². The number of hydrogen-bond acceptors (Lipinski definition) is 6. The van der Waals surface area contributed by atoms with E-state index in [9.17, 15) is 4.79 Å². The number of aryl methyl sites for hydroxylation is 1. The Hall–Kier alpha value is -2.80. The van der Waals surface area contributed by atoms with Crippen molar-refractivity contribution in [3.05, 3.63) is 53.6 Å². The predicted octanol–water partition coefficient (Wildman–Crippen LogP) is 3.87. The summed E-state index contributed by atoms with van der Waals surface area (Å²) in [7, 11) is 1.60. The highest BCUT2D eigenvalue weighted by atomic mass is 32.2. The van der Waals surface area contributed by atoms with Gasteiger partial charge in [-0.3, -0.25) is 9.69 Å². The number of hydrogen-bond donors (Lipinski definition) is 0. The zero-order chi connectivity index (χ0) is 19.2. The lowest BCUT2D eigenvalue weighted by Gasteiger charge is -2.15. The zero-order valence-corrected chi connectivity index (χ0v) is 16.3. The van der Waals surface area contributed by atoms with Crippen LogP contribution in [0.15, 0.2) is 52.7 Å². The van der Waals surface area contributed by atoms with Gasteiger partial charge in [0.05, 0.1) is 31.4 Å². The van der Waals surface area contributed by atoms with Crippen LogP contribution in [0.3, 0.4) is 0 Å². The lowest BCUT2D eigenvalue weighted by molar-refractivity contribution is -0.115. The quantitative estimate of drug-likeness (QED) is 0.561. The number of rotatable bonds is 6. The first-order chi connectivity index (χ1) is 13.1. The molecule has 3 rings (SSSR count). The van der Waals surface area contributed by atoms with E-state index in [1.807, 2.05) is 56.3 Å². The number of amidine groups is 1. The van der Waals surface area contributed by atoms with Crippen molar-refractivity contribution in [3.8, 4) is 11.5 Å². The first-order valence-electron chi connectivity index (χ1n) is 8.56. The summed E-state index contributed by atoms with van der Waals surface area (Å²) in [6.45, 7) is 4.50. The second-order valence-corrected chi connectivity index (χ2v) is 6.77. The molecule has 0 radical (unpaired) electrons. The molecule has 0 aliphatic carbocycles. The summed E-state index contributed by atoms with van der Waals surface area (Å²) in [6.07, 6.45) is 1.63. The molecular weight excluding hydrogens is 362 g/mol. The van der Waals surface area contributed by atoms with E-state index in [0.29, 0.717) is 29.0 Å². The third-order valence-electron chi connectivity index (χ3n) is 3.90. The van der Waals surface area contributed by atoms with Gasteiger partial charge in [-0.25, -0.2) is 0 Å². The van der Waals surface area contributed by atoms with Crippen LogP contribution in [0.2, 0.25) is 0 Å². The largest absolute Gasteiger partial charge is 0.493 e. The molecular formula is C20H21N3O3S. The molecule has 1 saturated heterocycles. The minimum atomic E-state index is 0.000500. The monoisotopic (exact) mass is 383 g/mol. The molecule has 0 aromatic heterocycles. The average Bonchev–Trinajstić information content (AvgIpc) is 3.04.